The molecule has 4 N–H and O–H groups in total. The van der Waals surface area contributed by atoms with E-state index in [2.05, 4.69) is 10.6 Å². The third kappa shape index (κ3) is 6.38. The zero-order valence-electron chi connectivity index (χ0n) is 16.2. The van der Waals surface area contributed by atoms with Crippen molar-refractivity contribution in [1.29, 1.82) is 0 Å². The summed E-state index contributed by atoms with van der Waals surface area (Å²) in [5, 5.41) is 6.00. The Kier molecular flexibility index (Phi) is 7.28. The van der Waals surface area contributed by atoms with E-state index < -0.39 is 6.04 Å². The molecular weight excluding hydrogens is 362 g/mol. The maximum Gasteiger partial charge on any atom is 0.241 e. The maximum absolute atomic E-state index is 12.3. The number of rotatable bonds is 9. The Hall–Kier alpha value is -3.28. The molecule has 3 aromatic carbocycles. The second kappa shape index (κ2) is 10.3. The highest BCUT2D eigenvalue weighted by Crippen LogP contribution is 2.11. The lowest BCUT2D eigenvalue weighted by molar-refractivity contribution is -0.117. The zero-order chi connectivity index (χ0) is 20.5. The molecule has 3 aromatic rings. The molecule has 0 saturated carbocycles. The van der Waals surface area contributed by atoms with E-state index in [0.29, 0.717) is 24.2 Å². The van der Waals surface area contributed by atoms with Crippen LogP contribution in [0.2, 0.25) is 0 Å². The molecule has 3 rings (SSSR count). The van der Waals surface area contributed by atoms with Crippen molar-refractivity contribution < 1.29 is 9.59 Å². The predicted octanol–water partition coefficient (Wildman–Crippen LogP) is 3.17. The van der Waals surface area contributed by atoms with E-state index in [-0.39, 0.29) is 18.2 Å². The number of carbonyl (C=O) groups is 2. The average Bonchev–Trinajstić information content (AvgIpc) is 2.76. The van der Waals surface area contributed by atoms with Crippen molar-refractivity contribution in [2.45, 2.75) is 19.0 Å². The molecule has 148 valence electrons. The van der Waals surface area contributed by atoms with Gasteiger partial charge in [0.2, 0.25) is 5.91 Å². The number of nitrogens with two attached hydrogens (primary N) is 1. The first kappa shape index (κ1) is 20.5. The van der Waals surface area contributed by atoms with E-state index in [1.165, 1.54) is 0 Å². The molecule has 1 atom stereocenters. The van der Waals surface area contributed by atoms with Gasteiger partial charge in [0.15, 0.2) is 5.78 Å². The predicted molar refractivity (Wildman–Crippen MR) is 116 cm³/mol. The van der Waals surface area contributed by atoms with Crippen LogP contribution in [0.1, 0.15) is 21.5 Å². The van der Waals surface area contributed by atoms with Crippen LogP contribution in [0, 0.1) is 0 Å². The number of hydrogen-bond acceptors (Lipinski definition) is 4. The van der Waals surface area contributed by atoms with E-state index in [9.17, 15) is 9.59 Å². The molecule has 0 aliphatic carbocycles. The first-order valence-electron chi connectivity index (χ1n) is 9.60. The Labute approximate surface area is 170 Å². The fourth-order valence-electron chi connectivity index (χ4n) is 2.95. The lowest BCUT2D eigenvalue weighted by Crippen LogP contribution is -2.37. The summed E-state index contributed by atoms with van der Waals surface area (Å²) < 4.78 is 0. The molecule has 0 aliphatic heterocycles. The van der Waals surface area contributed by atoms with E-state index in [1.54, 1.807) is 0 Å². The Morgan fingerprint density at radius 1 is 0.793 bits per heavy atom. The Morgan fingerprint density at radius 2 is 1.41 bits per heavy atom. The van der Waals surface area contributed by atoms with E-state index >= 15 is 0 Å². The van der Waals surface area contributed by atoms with Crippen molar-refractivity contribution in [3.05, 3.63) is 102 Å². The summed E-state index contributed by atoms with van der Waals surface area (Å²) in [5.41, 5.74) is 9.47. The van der Waals surface area contributed by atoms with Gasteiger partial charge in [0.25, 0.3) is 0 Å². The van der Waals surface area contributed by atoms with Crippen LogP contribution >= 0.6 is 0 Å². The van der Waals surface area contributed by atoms with Gasteiger partial charge in [0.1, 0.15) is 0 Å². The van der Waals surface area contributed by atoms with Gasteiger partial charge >= 0.3 is 0 Å². The van der Waals surface area contributed by atoms with Gasteiger partial charge in [-0.1, -0.05) is 72.8 Å². The van der Waals surface area contributed by atoms with Crippen LogP contribution in [-0.4, -0.2) is 24.3 Å². The molecule has 0 bridgehead atoms. The number of hydrogen-bond donors (Lipinski definition) is 3. The van der Waals surface area contributed by atoms with Gasteiger partial charge in [-0.2, -0.15) is 0 Å². The van der Waals surface area contributed by atoms with Gasteiger partial charge < -0.3 is 16.4 Å². The lowest BCUT2D eigenvalue weighted by Gasteiger charge is -2.13. The van der Waals surface area contributed by atoms with Crippen LogP contribution in [0.4, 0.5) is 5.69 Å². The fraction of sp³-hybridized carbons (Fsp3) is 0.167. The number of nitrogens with one attached hydrogen (secondary N) is 2. The Morgan fingerprint density at radius 3 is 2.07 bits per heavy atom. The van der Waals surface area contributed by atoms with E-state index in [1.807, 2.05) is 84.9 Å². The molecule has 0 radical (unpaired) electrons. The molecule has 29 heavy (non-hydrogen) atoms. The summed E-state index contributed by atoms with van der Waals surface area (Å²) in [7, 11) is 0. The Bertz CT molecular complexity index is 925. The normalized spacial score (nSPS) is 11.6. The van der Waals surface area contributed by atoms with Crippen molar-refractivity contribution in [1.82, 2.24) is 5.32 Å². The van der Waals surface area contributed by atoms with Crippen molar-refractivity contribution in [2.75, 3.05) is 11.9 Å². The molecular formula is C24H25N3O2. The summed E-state index contributed by atoms with van der Waals surface area (Å²) in [6.07, 6.45) is 0.490. The summed E-state index contributed by atoms with van der Waals surface area (Å²) in [6, 6.07) is 25.8. The van der Waals surface area contributed by atoms with Crippen LogP contribution in [0.15, 0.2) is 84.9 Å². The van der Waals surface area contributed by atoms with Gasteiger partial charge in [-0.05, 0) is 29.7 Å². The number of ketones is 1. The number of Topliss-reactive ketones (excluding diaryl/α,β-unsaturated/α-hetero) is 1. The molecule has 0 aromatic heterocycles. The molecule has 1 amide bonds. The number of amides is 1. The molecule has 5 nitrogen and oxygen atoms in total. The van der Waals surface area contributed by atoms with Crippen molar-refractivity contribution in [2.24, 2.45) is 5.73 Å². The molecule has 5 heteroatoms. The summed E-state index contributed by atoms with van der Waals surface area (Å²) in [4.78, 5) is 24.4. The molecule has 0 spiro atoms. The maximum atomic E-state index is 12.3. The number of anilines is 1. The number of carbonyl (C=O) groups excluding carboxylic acids is 2. The third-order valence-corrected chi connectivity index (χ3v) is 4.57. The minimum absolute atomic E-state index is 0.0573. The molecule has 0 fully saturated rings. The lowest BCUT2D eigenvalue weighted by atomic mass is 10.1. The first-order valence-corrected chi connectivity index (χ1v) is 9.60. The third-order valence-electron chi connectivity index (χ3n) is 4.57. The Balaban J connectivity index is 1.44. The topological polar surface area (TPSA) is 84.2 Å². The van der Waals surface area contributed by atoms with Crippen LogP contribution in [0.3, 0.4) is 0 Å². The van der Waals surface area contributed by atoms with Crippen molar-refractivity contribution >= 4 is 17.4 Å². The second-order valence-corrected chi connectivity index (χ2v) is 6.88. The molecule has 1 unspecified atom stereocenters. The first-order chi connectivity index (χ1) is 14.1. The highest BCUT2D eigenvalue weighted by atomic mass is 16.2. The van der Waals surface area contributed by atoms with Gasteiger partial charge in [-0.15, -0.1) is 0 Å². The smallest absolute Gasteiger partial charge is 0.241 e. The summed E-state index contributed by atoms with van der Waals surface area (Å²) in [5.74, 6) is -0.157. The van der Waals surface area contributed by atoms with Crippen LogP contribution < -0.4 is 16.4 Å². The van der Waals surface area contributed by atoms with Gasteiger partial charge in [-0.3, -0.25) is 9.59 Å². The molecule has 0 aliphatic rings. The standard InChI is InChI=1S/C24H25N3O2/c25-22(15-18-7-3-1-4-8-18)24(29)27-21-13-11-19(12-14-21)16-26-17-23(28)20-9-5-2-6-10-20/h1-14,22,26H,15-17,25H2,(H,27,29). The SMILES string of the molecule is NC(Cc1ccccc1)C(=O)Nc1ccc(CNCC(=O)c2ccccc2)cc1. The van der Waals surface area contributed by atoms with E-state index in [4.69, 9.17) is 5.73 Å². The fourth-order valence-corrected chi connectivity index (χ4v) is 2.95. The average molecular weight is 387 g/mol. The quantitative estimate of drug-likeness (QED) is 0.493. The van der Waals surface area contributed by atoms with Crippen molar-refractivity contribution in [3.8, 4) is 0 Å². The highest BCUT2D eigenvalue weighted by Gasteiger charge is 2.14. The van der Waals surface area contributed by atoms with Crippen LogP contribution in [-0.2, 0) is 17.8 Å². The van der Waals surface area contributed by atoms with E-state index in [0.717, 1.165) is 11.1 Å². The zero-order valence-corrected chi connectivity index (χ0v) is 16.2. The van der Waals surface area contributed by atoms with Gasteiger partial charge in [-0.25, -0.2) is 0 Å². The monoisotopic (exact) mass is 387 g/mol. The van der Waals surface area contributed by atoms with Crippen molar-refractivity contribution in [3.63, 3.8) is 0 Å². The molecule has 0 heterocycles. The van der Waals surface area contributed by atoms with Crippen LogP contribution in [0.25, 0.3) is 0 Å². The largest absolute Gasteiger partial charge is 0.325 e. The minimum Gasteiger partial charge on any atom is -0.325 e. The minimum atomic E-state index is -0.609. The van der Waals surface area contributed by atoms with Gasteiger partial charge in [0, 0.05) is 17.8 Å². The second-order valence-electron chi connectivity index (χ2n) is 6.88. The van der Waals surface area contributed by atoms with Crippen LogP contribution in [0.5, 0.6) is 0 Å². The number of benzene rings is 3. The van der Waals surface area contributed by atoms with Gasteiger partial charge in [0.05, 0.1) is 12.6 Å². The summed E-state index contributed by atoms with van der Waals surface area (Å²) >= 11 is 0. The molecule has 0 saturated heterocycles. The highest BCUT2D eigenvalue weighted by molar-refractivity contribution is 5.97. The summed E-state index contributed by atoms with van der Waals surface area (Å²) in [6.45, 7) is 0.844.